The molecule has 1 amide bonds. The SMILES string of the molecule is CCCN(C(=O)C1CCC1)C1CCCNC1. The lowest BCUT2D eigenvalue weighted by Gasteiger charge is -2.38. The fourth-order valence-corrected chi connectivity index (χ4v) is 2.70. The van der Waals surface area contributed by atoms with E-state index in [2.05, 4.69) is 17.1 Å². The number of nitrogens with zero attached hydrogens (tertiary/aromatic N) is 1. The van der Waals surface area contributed by atoms with Crippen molar-refractivity contribution in [1.29, 1.82) is 0 Å². The van der Waals surface area contributed by atoms with E-state index in [1.54, 1.807) is 0 Å². The van der Waals surface area contributed by atoms with Crippen LogP contribution in [0.15, 0.2) is 0 Å². The maximum atomic E-state index is 12.3. The molecular weight excluding hydrogens is 200 g/mol. The first-order chi connectivity index (χ1) is 7.83. The van der Waals surface area contributed by atoms with Crippen LogP contribution in [0.2, 0.25) is 0 Å². The minimum atomic E-state index is 0.355. The summed E-state index contributed by atoms with van der Waals surface area (Å²) >= 11 is 0. The van der Waals surface area contributed by atoms with E-state index in [-0.39, 0.29) is 0 Å². The van der Waals surface area contributed by atoms with Crippen LogP contribution in [0.3, 0.4) is 0 Å². The van der Waals surface area contributed by atoms with Gasteiger partial charge in [0.2, 0.25) is 5.91 Å². The average molecular weight is 224 g/mol. The molecule has 1 N–H and O–H groups in total. The van der Waals surface area contributed by atoms with Crippen molar-refractivity contribution in [2.75, 3.05) is 19.6 Å². The molecule has 1 saturated heterocycles. The number of hydrogen-bond acceptors (Lipinski definition) is 2. The van der Waals surface area contributed by atoms with Gasteiger partial charge >= 0.3 is 0 Å². The van der Waals surface area contributed by atoms with E-state index >= 15 is 0 Å². The fraction of sp³-hybridized carbons (Fsp3) is 0.923. The molecule has 1 saturated carbocycles. The lowest BCUT2D eigenvalue weighted by Crippen LogP contribution is -2.51. The molecule has 2 fully saturated rings. The van der Waals surface area contributed by atoms with Crippen molar-refractivity contribution < 1.29 is 4.79 Å². The quantitative estimate of drug-likeness (QED) is 0.789. The Morgan fingerprint density at radius 3 is 2.62 bits per heavy atom. The molecule has 1 aliphatic heterocycles. The first kappa shape index (κ1) is 11.9. The van der Waals surface area contributed by atoms with Crippen molar-refractivity contribution in [2.45, 2.75) is 51.5 Å². The Kier molecular flexibility index (Phi) is 4.22. The highest BCUT2D eigenvalue weighted by Crippen LogP contribution is 2.29. The Morgan fingerprint density at radius 1 is 1.31 bits per heavy atom. The molecule has 1 aliphatic carbocycles. The molecule has 0 radical (unpaired) electrons. The number of carbonyl (C=O) groups excluding carboxylic acids is 1. The monoisotopic (exact) mass is 224 g/mol. The lowest BCUT2D eigenvalue weighted by atomic mass is 9.83. The van der Waals surface area contributed by atoms with Crippen LogP contribution in [-0.4, -0.2) is 36.5 Å². The molecule has 2 rings (SSSR count). The van der Waals surface area contributed by atoms with E-state index in [1.807, 2.05) is 0 Å². The van der Waals surface area contributed by atoms with Gasteiger partial charge in [-0.05, 0) is 38.6 Å². The Bertz CT molecular complexity index is 232. The summed E-state index contributed by atoms with van der Waals surface area (Å²) in [7, 11) is 0. The number of piperidine rings is 1. The largest absolute Gasteiger partial charge is 0.338 e. The molecule has 3 heteroatoms. The number of rotatable bonds is 4. The topological polar surface area (TPSA) is 32.3 Å². The van der Waals surface area contributed by atoms with Crippen molar-refractivity contribution >= 4 is 5.91 Å². The van der Waals surface area contributed by atoms with Gasteiger partial charge in [0.05, 0.1) is 0 Å². The van der Waals surface area contributed by atoms with E-state index in [0.29, 0.717) is 17.9 Å². The van der Waals surface area contributed by atoms with Crippen LogP contribution in [0, 0.1) is 5.92 Å². The second-order valence-corrected chi connectivity index (χ2v) is 5.16. The fourth-order valence-electron chi connectivity index (χ4n) is 2.70. The molecule has 0 aromatic heterocycles. The van der Waals surface area contributed by atoms with Crippen LogP contribution in [0.1, 0.15) is 45.4 Å². The highest BCUT2D eigenvalue weighted by molar-refractivity contribution is 5.80. The first-order valence-electron chi connectivity index (χ1n) is 6.84. The van der Waals surface area contributed by atoms with Gasteiger partial charge in [-0.2, -0.15) is 0 Å². The number of amides is 1. The van der Waals surface area contributed by atoms with Gasteiger partial charge in [-0.3, -0.25) is 4.79 Å². The normalized spacial score (nSPS) is 26.2. The van der Waals surface area contributed by atoms with Crippen molar-refractivity contribution in [2.24, 2.45) is 5.92 Å². The van der Waals surface area contributed by atoms with Crippen molar-refractivity contribution in [3.63, 3.8) is 0 Å². The second-order valence-electron chi connectivity index (χ2n) is 5.16. The van der Waals surface area contributed by atoms with Crippen LogP contribution < -0.4 is 5.32 Å². The maximum Gasteiger partial charge on any atom is 0.225 e. The zero-order chi connectivity index (χ0) is 11.4. The number of hydrogen-bond donors (Lipinski definition) is 1. The lowest BCUT2D eigenvalue weighted by molar-refractivity contribution is -0.141. The zero-order valence-corrected chi connectivity index (χ0v) is 10.4. The molecule has 1 unspecified atom stereocenters. The molecule has 2 aliphatic rings. The highest BCUT2D eigenvalue weighted by atomic mass is 16.2. The second kappa shape index (κ2) is 5.67. The Labute approximate surface area is 98.6 Å². The molecular formula is C13H24N2O. The van der Waals surface area contributed by atoms with Gasteiger partial charge in [-0.25, -0.2) is 0 Å². The third-order valence-corrected chi connectivity index (χ3v) is 3.91. The summed E-state index contributed by atoms with van der Waals surface area (Å²) in [5.41, 5.74) is 0. The highest BCUT2D eigenvalue weighted by Gasteiger charge is 2.32. The minimum absolute atomic E-state index is 0.355. The van der Waals surface area contributed by atoms with Crippen LogP contribution >= 0.6 is 0 Å². The zero-order valence-electron chi connectivity index (χ0n) is 10.4. The van der Waals surface area contributed by atoms with Crippen molar-refractivity contribution in [1.82, 2.24) is 10.2 Å². The molecule has 3 nitrogen and oxygen atoms in total. The maximum absolute atomic E-state index is 12.3. The molecule has 1 atom stereocenters. The Morgan fingerprint density at radius 2 is 2.12 bits per heavy atom. The molecule has 0 aromatic carbocycles. The standard InChI is InChI=1S/C13H24N2O/c1-2-9-15(12-7-4-8-14-10-12)13(16)11-5-3-6-11/h11-12,14H,2-10H2,1H3. The summed E-state index contributed by atoms with van der Waals surface area (Å²) < 4.78 is 0. The summed E-state index contributed by atoms with van der Waals surface area (Å²) in [6.07, 6.45) is 6.97. The molecule has 0 bridgehead atoms. The molecule has 1 heterocycles. The molecule has 0 aromatic rings. The van der Waals surface area contributed by atoms with Gasteiger partial charge in [0.25, 0.3) is 0 Å². The van der Waals surface area contributed by atoms with Gasteiger partial charge < -0.3 is 10.2 Å². The van der Waals surface area contributed by atoms with E-state index < -0.39 is 0 Å². The van der Waals surface area contributed by atoms with E-state index in [4.69, 9.17) is 0 Å². The van der Waals surface area contributed by atoms with Gasteiger partial charge in [0, 0.05) is 25.0 Å². The average Bonchev–Trinajstić information content (AvgIpc) is 2.24. The minimum Gasteiger partial charge on any atom is -0.338 e. The van der Waals surface area contributed by atoms with E-state index in [1.165, 1.54) is 19.3 Å². The summed E-state index contributed by atoms with van der Waals surface area (Å²) in [5.74, 6) is 0.787. The number of carbonyl (C=O) groups is 1. The third-order valence-electron chi connectivity index (χ3n) is 3.91. The van der Waals surface area contributed by atoms with Gasteiger partial charge in [0.15, 0.2) is 0 Å². The summed E-state index contributed by atoms with van der Waals surface area (Å²) in [5, 5.41) is 3.41. The van der Waals surface area contributed by atoms with Gasteiger partial charge in [-0.15, -0.1) is 0 Å². The predicted octanol–water partition coefficient (Wildman–Crippen LogP) is 1.78. The Balaban J connectivity index is 1.93. The summed E-state index contributed by atoms with van der Waals surface area (Å²) in [6, 6.07) is 0.460. The summed E-state index contributed by atoms with van der Waals surface area (Å²) in [4.78, 5) is 14.5. The third kappa shape index (κ3) is 2.57. The first-order valence-corrected chi connectivity index (χ1v) is 6.84. The Hall–Kier alpha value is -0.570. The molecule has 92 valence electrons. The van der Waals surface area contributed by atoms with Gasteiger partial charge in [0.1, 0.15) is 0 Å². The summed E-state index contributed by atoms with van der Waals surface area (Å²) in [6.45, 7) is 5.23. The van der Waals surface area contributed by atoms with Crippen molar-refractivity contribution in [3.8, 4) is 0 Å². The van der Waals surface area contributed by atoms with Crippen LogP contribution in [0.25, 0.3) is 0 Å². The van der Waals surface area contributed by atoms with E-state index in [9.17, 15) is 4.79 Å². The predicted molar refractivity (Wildman–Crippen MR) is 65.2 cm³/mol. The number of nitrogens with one attached hydrogen (secondary N) is 1. The van der Waals surface area contributed by atoms with Gasteiger partial charge in [-0.1, -0.05) is 13.3 Å². The van der Waals surface area contributed by atoms with E-state index in [0.717, 1.165) is 38.9 Å². The van der Waals surface area contributed by atoms with Crippen molar-refractivity contribution in [3.05, 3.63) is 0 Å². The van der Waals surface area contributed by atoms with Crippen LogP contribution in [0.5, 0.6) is 0 Å². The van der Waals surface area contributed by atoms with Crippen LogP contribution in [-0.2, 0) is 4.79 Å². The molecule has 16 heavy (non-hydrogen) atoms. The smallest absolute Gasteiger partial charge is 0.225 e. The molecule has 0 spiro atoms. The van der Waals surface area contributed by atoms with Crippen LogP contribution in [0.4, 0.5) is 0 Å².